The SMILES string of the molecule is CCc1cc(C2(NC(=O)c3ccc4cc(C(C)(C)C)ccc4c3)CC2)[nH+]cc1N. The number of aromatic amines is 1. The number of H-pyrrole nitrogens is 1. The third kappa shape index (κ3) is 3.71. The van der Waals surface area contributed by atoms with Gasteiger partial charge >= 0.3 is 0 Å². The Labute approximate surface area is 172 Å². The van der Waals surface area contributed by atoms with Gasteiger partial charge in [-0.25, -0.2) is 4.98 Å². The van der Waals surface area contributed by atoms with Gasteiger partial charge in [0.1, 0.15) is 5.54 Å². The summed E-state index contributed by atoms with van der Waals surface area (Å²) in [5.41, 5.74) is 10.7. The molecule has 4 nitrogen and oxygen atoms in total. The summed E-state index contributed by atoms with van der Waals surface area (Å²) in [6, 6.07) is 14.5. The van der Waals surface area contributed by atoms with E-state index in [-0.39, 0.29) is 16.9 Å². The predicted octanol–water partition coefficient (Wildman–Crippen LogP) is 4.52. The minimum Gasteiger partial charge on any atom is -0.394 e. The summed E-state index contributed by atoms with van der Waals surface area (Å²) >= 11 is 0. The zero-order valence-electron chi connectivity index (χ0n) is 17.7. The van der Waals surface area contributed by atoms with E-state index in [1.54, 1.807) is 0 Å². The van der Waals surface area contributed by atoms with E-state index in [4.69, 9.17) is 5.73 Å². The number of anilines is 1. The van der Waals surface area contributed by atoms with Gasteiger partial charge in [-0.1, -0.05) is 52.0 Å². The maximum absolute atomic E-state index is 13.0. The molecule has 0 saturated heterocycles. The van der Waals surface area contributed by atoms with Crippen LogP contribution in [0.15, 0.2) is 48.7 Å². The van der Waals surface area contributed by atoms with E-state index < -0.39 is 0 Å². The van der Waals surface area contributed by atoms with Crippen LogP contribution in [0, 0.1) is 0 Å². The Hall–Kier alpha value is -2.88. The monoisotopic (exact) mass is 388 g/mol. The van der Waals surface area contributed by atoms with Crippen LogP contribution in [-0.4, -0.2) is 5.91 Å². The lowest BCUT2D eigenvalue weighted by Gasteiger charge is -2.19. The highest BCUT2D eigenvalue weighted by molar-refractivity contribution is 5.99. The first kappa shape index (κ1) is 19.4. The number of amides is 1. The fourth-order valence-corrected chi connectivity index (χ4v) is 3.86. The van der Waals surface area contributed by atoms with Gasteiger partial charge in [-0.05, 0) is 58.7 Å². The van der Waals surface area contributed by atoms with E-state index in [0.29, 0.717) is 5.56 Å². The second-order valence-electron chi connectivity index (χ2n) is 9.24. The van der Waals surface area contributed by atoms with Gasteiger partial charge in [-0.2, -0.15) is 0 Å². The van der Waals surface area contributed by atoms with Crippen molar-refractivity contribution < 1.29 is 9.78 Å². The summed E-state index contributed by atoms with van der Waals surface area (Å²) < 4.78 is 0. The number of aromatic nitrogens is 1. The first-order valence-electron chi connectivity index (χ1n) is 10.4. The van der Waals surface area contributed by atoms with Crippen molar-refractivity contribution in [2.24, 2.45) is 0 Å². The van der Waals surface area contributed by atoms with Gasteiger partial charge in [-0.15, -0.1) is 0 Å². The van der Waals surface area contributed by atoms with Crippen LogP contribution in [0.4, 0.5) is 5.69 Å². The Morgan fingerprint density at radius 3 is 2.45 bits per heavy atom. The molecule has 0 spiro atoms. The molecule has 0 bridgehead atoms. The fourth-order valence-electron chi connectivity index (χ4n) is 3.86. The number of nitrogens with one attached hydrogen (secondary N) is 2. The lowest BCUT2D eigenvalue weighted by atomic mass is 9.86. The number of pyridine rings is 1. The van der Waals surface area contributed by atoms with Gasteiger partial charge in [0.25, 0.3) is 5.91 Å². The topological polar surface area (TPSA) is 69.3 Å². The predicted molar refractivity (Wildman–Crippen MR) is 118 cm³/mol. The standard InChI is InChI=1S/C25H29N3O/c1-5-16-14-22(27-15-21(16)26)25(10-11-25)28-23(29)19-7-6-18-13-20(24(2,3)4)9-8-17(18)12-19/h6-9,12-15H,5,10-11,26H2,1-4H3,(H,28,29)/p+1. The molecule has 1 fully saturated rings. The highest BCUT2D eigenvalue weighted by Gasteiger charge is 2.51. The van der Waals surface area contributed by atoms with Crippen molar-refractivity contribution in [2.75, 3.05) is 5.73 Å². The first-order chi connectivity index (χ1) is 13.7. The van der Waals surface area contributed by atoms with Crippen molar-refractivity contribution in [3.63, 3.8) is 0 Å². The van der Waals surface area contributed by atoms with Crippen LogP contribution < -0.4 is 16.0 Å². The average molecular weight is 389 g/mol. The van der Waals surface area contributed by atoms with E-state index in [0.717, 1.165) is 47.0 Å². The fraction of sp³-hybridized carbons (Fsp3) is 0.360. The Bertz CT molecular complexity index is 1090. The maximum atomic E-state index is 13.0. The van der Waals surface area contributed by atoms with Crippen molar-refractivity contribution in [1.29, 1.82) is 0 Å². The number of aryl methyl sites for hydroxylation is 1. The van der Waals surface area contributed by atoms with Gasteiger partial charge in [0.05, 0.1) is 5.69 Å². The van der Waals surface area contributed by atoms with Crippen LogP contribution in [0.2, 0.25) is 0 Å². The number of nitrogen functional groups attached to an aromatic ring is 1. The van der Waals surface area contributed by atoms with Crippen LogP contribution >= 0.6 is 0 Å². The van der Waals surface area contributed by atoms with Crippen molar-refractivity contribution in [2.45, 2.75) is 57.9 Å². The zero-order chi connectivity index (χ0) is 20.8. The Balaban J connectivity index is 1.59. The summed E-state index contributed by atoms with van der Waals surface area (Å²) in [7, 11) is 0. The summed E-state index contributed by atoms with van der Waals surface area (Å²) in [5.74, 6) is -0.0347. The molecule has 1 aliphatic carbocycles. The zero-order valence-corrected chi connectivity index (χ0v) is 17.7. The molecule has 29 heavy (non-hydrogen) atoms. The van der Waals surface area contributed by atoms with Gasteiger partial charge in [0.2, 0.25) is 5.69 Å². The highest BCUT2D eigenvalue weighted by atomic mass is 16.1. The smallest absolute Gasteiger partial charge is 0.252 e. The third-order valence-electron chi connectivity index (χ3n) is 6.04. The van der Waals surface area contributed by atoms with E-state index in [9.17, 15) is 4.79 Å². The molecule has 3 aromatic rings. The Kier molecular flexibility index (Phi) is 4.60. The Morgan fingerprint density at radius 2 is 1.79 bits per heavy atom. The van der Waals surface area contributed by atoms with Gasteiger partial charge in [0, 0.05) is 11.6 Å². The van der Waals surface area contributed by atoms with Crippen molar-refractivity contribution in [3.05, 3.63) is 71.0 Å². The largest absolute Gasteiger partial charge is 0.394 e. The molecule has 0 radical (unpaired) electrons. The molecule has 4 rings (SSSR count). The number of carbonyl (C=O) groups is 1. The number of nitrogens with two attached hydrogens (primary N) is 1. The minimum atomic E-state index is -0.306. The average Bonchev–Trinajstić information content (AvgIpc) is 3.47. The molecular weight excluding hydrogens is 358 g/mol. The van der Waals surface area contributed by atoms with Gasteiger partial charge in [-0.3, -0.25) is 4.79 Å². The minimum absolute atomic E-state index is 0.0347. The highest BCUT2D eigenvalue weighted by Crippen LogP contribution is 2.44. The number of carbonyl (C=O) groups excluding carboxylic acids is 1. The van der Waals surface area contributed by atoms with Crippen LogP contribution in [0.3, 0.4) is 0 Å². The summed E-state index contributed by atoms with van der Waals surface area (Å²) in [5, 5.41) is 5.51. The normalized spacial score (nSPS) is 15.3. The summed E-state index contributed by atoms with van der Waals surface area (Å²) in [6.07, 6.45) is 4.58. The summed E-state index contributed by atoms with van der Waals surface area (Å²) in [4.78, 5) is 16.3. The maximum Gasteiger partial charge on any atom is 0.252 e. The third-order valence-corrected chi connectivity index (χ3v) is 6.04. The molecule has 1 aliphatic rings. The molecule has 2 aromatic carbocycles. The first-order valence-corrected chi connectivity index (χ1v) is 10.4. The Morgan fingerprint density at radius 1 is 1.10 bits per heavy atom. The molecule has 1 amide bonds. The van der Waals surface area contributed by atoms with E-state index in [1.807, 2.05) is 24.4 Å². The van der Waals surface area contributed by atoms with E-state index in [2.05, 4.69) is 62.3 Å². The number of rotatable bonds is 4. The lowest BCUT2D eigenvalue weighted by molar-refractivity contribution is -0.394. The van der Waals surface area contributed by atoms with E-state index in [1.165, 1.54) is 5.56 Å². The molecule has 1 aromatic heterocycles. The second-order valence-corrected chi connectivity index (χ2v) is 9.24. The molecule has 4 N–H and O–H groups in total. The van der Waals surface area contributed by atoms with Crippen molar-refractivity contribution >= 4 is 22.4 Å². The second kappa shape index (κ2) is 6.87. The van der Waals surface area contributed by atoms with Crippen molar-refractivity contribution in [3.8, 4) is 0 Å². The molecule has 0 atom stereocenters. The van der Waals surface area contributed by atoms with Gasteiger partial charge in [0.15, 0.2) is 6.20 Å². The van der Waals surface area contributed by atoms with Crippen LogP contribution in [0.5, 0.6) is 0 Å². The molecule has 1 saturated carbocycles. The number of fused-ring (bicyclic) bond motifs is 1. The number of hydrogen-bond acceptors (Lipinski definition) is 2. The molecule has 4 heteroatoms. The number of hydrogen-bond donors (Lipinski definition) is 2. The number of benzene rings is 2. The molecule has 0 unspecified atom stereocenters. The van der Waals surface area contributed by atoms with E-state index >= 15 is 0 Å². The van der Waals surface area contributed by atoms with Gasteiger partial charge < -0.3 is 11.1 Å². The van der Waals surface area contributed by atoms with Crippen LogP contribution in [-0.2, 0) is 17.4 Å². The lowest BCUT2D eigenvalue weighted by Crippen LogP contribution is -2.39. The van der Waals surface area contributed by atoms with Crippen LogP contribution in [0.1, 0.15) is 67.7 Å². The quantitative estimate of drug-likeness (QED) is 0.690. The molecule has 0 aliphatic heterocycles. The molecule has 150 valence electrons. The van der Waals surface area contributed by atoms with Crippen LogP contribution in [0.25, 0.3) is 10.8 Å². The van der Waals surface area contributed by atoms with Crippen molar-refractivity contribution in [1.82, 2.24) is 5.32 Å². The molecular formula is C25H30N3O+. The summed E-state index contributed by atoms with van der Waals surface area (Å²) in [6.45, 7) is 8.73. The molecule has 1 heterocycles.